The highest BCUT2D eigenvalue weighted by Gasteiger charge is 2.10. The molecule has 6 nitrogen and oxygen atoms in total. The van der Waals surface area contributed by atoms with Crippen LogP contribution in [0.25, 0.3) is 0 Å². The van der Waals surface area contributed by atoms with Crippen molar-refractivity contribution in [3.8, 4) is 0 Å². The summed E-state index contributed by atoms with van der Waals surface area (Å²) in [6.45, 7) is 1.72. The first-order valence-electron chi connectivity index (χ1n) is 5.90. The first kappa shape index (κ1) is 14.1. The van der Waals surface area contributed by atoms with Gasteiger partial charge in [-0.2, -0.15) is 5.10 Å². The second-order valence-corrected chi connectivity index (χ2v) is 4.58. The number of hydrogen-bond acceptors (Lipinski definition) is 3. The van der Waals surface area contributed by atoms with E-state index in [-0.39, 0.29) is 17.9 Å². The van der Waals surface area contributed by atoms with E-state index in [1.807, 2.05) is 6.07 Å². The molecule has 0 bridgehead atoms. The van der Waals surface area contributed by atoms with Crippen LogP contribution in [0, 0.1) is 6.92 Å². The lowest BCUT2D eigenvalue weighted by Crippen LogP contribution is -2.23. The number of hydrogen-bond donors (Lipinski definition) is 3. The van der Waals surface area contributed by atoms with Gasteiger partial charge in [0, 0.05) is 21.8 Å². The molecule has 1 heterocycles. The summed E-state index contributed by atoms with van der Waals surface area (Å²) < 4.78 is 0. The number of halogens is 1. The molecule has 0 spiro atoms. The van der Waals surface area contributed by atoms with Gasteiger partial charge in [0.05, 0.1) is 12.6 Å². The van der Waals surface area contributed by atoms with Crippen molar-refractivity contribution in [1.29, 1.82) is 0 Å². The maximum atomic E-state index is 11.7. The fraction of sp³-hybridized carbons (Fsp3) is 0.154. The smallest absolute Gasteiger partial charge is 0.267 e. The highest BCUT2D eigenvalue weighted by molar-refractivity contribution is 6.33. The second kappa shape index (κ2) is 6.21. The SMILES string of the molecule is Cc1[nH][nH]c(=O)c1CC(=O)NN=Cc1ccccc1Cl. The molecule has 0 unspecified atom stereocenters. The van der Waals surface area contributed by atoms with Gasteiger partial charge in [0.25, 0.3) is 5.56 Å². The predicted octanol–water partition coefficient (Wildman–Crippen LogP) is 1.36. The zero-order valence-corrected chi connectivity index (χ0v) is 11.5. The van der Waals surface area contributed by atoms with Crippen LogP contribution >= 0.6 is 11.6 Å². The Morgan fingerprint density at radius 2 is 2.15 bits per heavy atom. The molecule has 7 heteroatoms. The average molecular weight is 293 g/mol. The van der Waals surface area contributed by atoms with Gasteiger partial charge in [-0.3, -0.25) is 14.7 Å². The summed E-state index contributed by atoms with van der Waals surface area (Å²) in [6, 6.07) is 7.13. The fourth-order valence-corrected chi connectivity index (χ4v) is 1.82. The lowest BCUT2D eigenvalue weighted by molar-refractivity contribution is -0.120. The Morgan fingerprint density at radius 3 is 2.80 bits per heavy atom. The largest absolute Gasteiger partial charge is 0.302 e. The molecule has 0 atom stereocenters. The number of aromatic amines is 2. The third kappa shape index (κ3) is 3.36. The molecule has 0 radical (unpaired) electrons. The molecular formula is C13H13ClN4O2. The number of H-pyrrole nitrogens is 2. The number of benzene rings is 1. The molecule has 2 rings (SSSR count). The molecule has 0 aliphatic carbocycles. The van der Waals surface area contributed by atoms with Crippen molar-refractivity contribution in [3.05, 3.63) is 56.5 Å². The number of carbonyl (C=O) groups is 1. The van der Waals surface area contributed by atoms with Gasteiger partial charge in [0.15, 0.2) is 0 Å². The summed E-state index contributed by atoms with van der Waals surface area (Å²) in [5, 5.41) is 9.43. The van der Waals surface area contributed by atoms with Crippen LogP contribution in [0.4, 0.5) is 0 Å². The van der Waals surface area contributed by atoms with Crippen molar-refractivity contribution in [2.24, 2.45) is 5.10 Å². The van der Waals surface area contributed by atoms with Crippen LogP contribution in [-0.4, -0.2) is 22.3 Å². The molecule has 0 saturated carbocycles. The highest BCUT2D eigenvalue weighted by atomic mass is 35.5. The summed E-state index contributed by atoms with van der Waals surface area (Å²) >= 11 is 5.94. The molecule has 1 aromatic heterocycles. The van der Waals surface area contributed by atoms with E-state index in [1.54, 1.807) is 25.1 Å². The Bertz CT molecular complexity index is 702. The maximum absolute atomic E-state index is 11.7. The van der Waals surface area contributed by atoms with E-state index < -0.39 is 0 Å². The zero-order chi connectivity index (χ0) is 14.5. The van der Waals surface area contributed by atoms with Gasteiger partial charge in [0.1, 0.15) is 0 Å². The molecule has 0 saturated heterocycles. The summed E-state index contributed by atoms with van der Waals surface area (Å²) in [5.41, 5.74) is 3.79. The third-order valence-electron chi connectivity index (χ3n) is 2.73. The minimum absolute atomic E-state index is 0.0372. The van der Waals surface area contributed by atoms with Crippen LogP contribution < -0.4 is 11.0 Å². The summed E-state index contributed by atoms with van der Waals surface area (Å²) in [6.07, 6.45) is 1.42. The first-order valence-corrected chi connectivity index (χ1v) is 6.28. The average Bonchev–Trinajstić information content (AvgIpc) is 2.73. The number of amides is 1. The normalized spacial score (nSPS) is 10.9. The minimum atomic E-state index is -0.374. The van der Waals surface area contributed by atoms with Crippen LogP contribution in [-0.2, 0) is 11.2 Å². The van der Waals surface area contributed by atoms with Crippen molar-refractivity contribution >= 4 is 23.7 Å². The lowest BCUT2D eigenvalue weighted by atomic mass is 10.2. The van der Waals surface area contributed by atoms with E-state index >= 15 is 0 Å². The van der Waals surface area contributed by atoms with Crippen molar-refractivity contribution in [1.82, 2.24) is 15.6 Å². The number of nitrogens with zero attached hydrogens (tertiary/aromatic N) is 1. The van der Waals surface area contributed by atoms with Crippen LogP contribution in [0.2, 0.25) is 5.02 Å². The van der Waals surface area contributed by atoms with Crippen molar-refractivity contribution < 1.29 is 4.79 Å². The van der Waals surface area contributed by atoms with Crippen molar-refractivity contribution in [2.45, 2.75) is 13.3 Å². The Labute approximate surface area is 119 Å². The number of rotatable bonds is 4. The third-order valence-corrected chi connectivity index (χ3v) is 3.07. The van der Waals surface area contributed by atoms with E-state index in [1.165, 1.54) is 6.21 Å². The second-order valence-electron chi connectivity index (χ2n) is 4.17. The fourth-order valence-electron chi connectivity index (χ4n) is 1.64. The number of aryl methyl sites for hydroxylation is 1. The van der Waals surface area contributed by atoms with Crippen molar-refractivity contribution in [3.63, 3.8) is 0 Å². The van der Waals surface area contributed by atoms with E-state index in [4.69, 9.17) is 11.6 Å². The number of nitrogens with one attached hydrogen (secondary N) is 3. The molecule has 0 aliphatic rings. The van der Waals surface area contributed by atoms with Gasteiger partial charge < -0.3 is 5.10 Å². The maximum Gasteiger partial charge on any atom is 0.267 e. The van der Waals surface area contributed by atoms with Crippen LogP contribution in [0.1, 0.15) is 16.8 Å². The molecule has 20 heavy (non-hydrogen) atoms. The predicted molar refractivity (Wildman–Crippen MR) is 77.0 cm³/mol. The van der Waals surface area contributed by atoms with Gasteiger partial charge in [-0.1, -0.05) is 29.8 Å². The van der Waals surface area contributed by atoms with E-state index in [0.29, 0.717) is 21.8 Å². The number of carbonyl (C=O) groups excluding carboxylic acids is 1. The van der Waals surface area contributed by atoms with Gasteiger partial charge in [-0.05, 0) is 13.0 Å². The standard InChI is InChI=1S/C13H13ClN4O2/c1-8-10(13(20)18-16-8)6-12(19)17-15-7-9-4-2-3-5-11(9)14/h2-5,7H,6H2,1H3,(H,17,19)(H2,16,18,20). The Morgan fingerprint density at radius 1 is 1.40 bits per heavy atom. The van der Waals surface area contributed by atoms with Gasteiger partial charge in [-0.15, -0.1) is 0 Å². The Balaban J connectivity index is 1.96. The molecule has 3 N–H and O–H groups in total. The summed E-state index contributed by atoms with van der Waals surface area (Å²) in [5.74, 6) is -0.374. The topological polar surface area (TPSA) is 90.1 Å². The first-order chi connectivity index (χ1) is 9.58. The van der Waals surface area contributed by atoms with Crippen LogP contribution in [0.3, 0.4) is 0 Å². The summed E-state index contributed by atoms with van der Waals surface area (Å²) in [4.78, 5) is 23.1. The monoisotopic (exact) mass is 292 g/mol. The van der Waals surface area contributed by atoms with Crippen LogP contribution in [0.5, 0.6) is 0 Å². The Kier molecular flexibility index (Phi) is 4.37. The van der Waals surface area contributed by atoms with Gasteiger partial charge in [0.2, 0.25) is 5.91 Å². The molecule has 1 aromatic carbocycles. The van der Waals surface area contributed by atoms with Crippen molar-refractivity contribution in [2.75, 3.05) is 0 Å². The quantitative estimate of drug-likeness (QED) is 0.586. The van der Waals surface area contributed by atoms with Gasteiger partial charge >= 0.3 is 0 Å². The van der Waals surface area contributed by atoms with Crippen LogP contribution in [0.15, 0.2) is 34.2 Å². The zero-order valence-electron chi connectivity index (χ0n) is 10.7. The summed E-state index contributed by atoms with van der Waals surface area (Å²) in [7, 11) is 0. The van der Waals surface area contributed by atoms with E-state index in [9.17, 15) is 9.59 Å². The molecule has 1 amide bonds. The molecule has 0 fully saturated rings. The minimum Gasteiger partial charge on any atom is -0.302 e. The van der Waals surface area contributed by atoms with Gasteiger partial charge in [-0.25, -0.2) is 5.43 Å². The molecular weight excluding hydrogens is 280 g/mol. The highest BCUT2D eigenvalue weighted by Crippen LogP contribution is 2.11. The molecule has 2 aromatic rings. The molecule has 0 aliphatic heterocycles. The number of aromatic nitrogens is 2. The molecule has 104 valence electrons. The lowest BCUT2D eigenvalue weighted by Gasteiger charge is -1.99. The van der Waals surface area contributed by atoms with E-state index in [2.05, 4.69) is 20.7 Å². The van der Waals surface area contributed by atoms with E-state index in [0.717, 1.165) is 0 Å². The Hall–Kier alpha value is -2.34. The number of hydrazone groups is 1.